The number of amides is 2. The van der Waals surface area contributed by atoms with E-state index in [0.717, 1.165) is 32.5 Å². The normalized spacial score (nSPS) is 20.4. The summed E-state index contributed by atoms with van der Waals surface area (Å²) in [5.74, 6) is 0.396. The Kier molecular flexibility index (Phi) is 6.33. The molecule has 6 heteroatoms. The third-order valence-electron chi connectivity index (χ3n) is 6.11. The van der Waals surface area contributed by atoms with Crippen molar-refractivity contribution in [2.45, 2.75) is 31.8 Å². The molecule has 1 N–H and O–H groups in total. The summed E-state index contributed by atoms with van der Waals surface area (Å²) >= 11 is 0. The average Bonchev–Trinajstić information content (AvgIpc) is 3.17. The number of carbonyl (C=O) groups excluding carboxylic acids is 2. The van der Waals surface area contributed by atoms with Crippen LogP contribution in [-0.4, -0.2) is 54.4 Å². The first kappa shape index (κ1) is 20.4. The molecule has 2 aliphatic heterocycles. The van der Waals surface area contributed by atoms with Gasteiger partial charge in [0.15, 0.2) is 0 Å². The van der Waals surface area contributed by atoms with E-state index in [-0.39, 0.29) is 23.8 Å². The largest absolute Gasteiger partial charge is 0.497 e. The van der Waals surface area contributed by atoms with Gasteiger partial charge in [-0.3, -0.25) is 14.5 Å². The molecule has 2 aliphatic rings. The van der Waals surface area contributed by atoms with E-state index < -0.39 is 0 Å². The zero-order valence-corrected chi connectivity index (χ0v) is 17.4. The Balaban J connectivity index is 1.29. The monoisotopic (exact) mass is 407 g/mol. The third-order valence-corrected chi connectivity index (χ3v) is 6.11. The molecule has 0 aromatic heterocycles. The van der Waals surface area contributed by atoms with E-state index in [9.17, 15) is 9.59 Å². The van der Waals surface area contributed by atoms with Crippen LogP contribution in [0.2, 0.25) is 0 Å². The SMILES string of the molecule is COc1cccc(NC(=O)C2CC(=O)N(C3CCN(Cc4ccccc4)CC3)C2)c1. The lowest BCUT2D eigenvalue weighted by molar-refractivity contribution is -0.130. The molecule has 1 atom stereocenters. The van der Waals surface area contributed by atoms with Gasteiger partial charge in [0.25, 0.3) is 0 Å². The van der Waals surface area contributed by atoms with Crippen molar-refractivity contribution in [3.05, 3.63) is 60.2 Å². The molecule has 0 bridgehead atoms. The fraction of sp³-hybridized carbons (Fsp3) is 0.417. The Morgan fingerprint density at radius 3 is 2.60 bits per heavy atom. The number of hydrogen-bond donors (Lipinski definition) is 1. The fourth-order valence-electron chi connectivity index (χ4n) is 4.44. The molecule has 0 aliphatic carbocycles. The molecule has 0 radical (unpaired) electrons. The summed E-state index contributed by atoms with van der Waals surface area (Å²) in [5, 5.41) is 2.93. The lowest BCUT2D eigenvalue weighted by Crippen LogP contribution is -2.45. The number of nitrogens with one attached hydrogen (secondary N) is 1. The Bertz CT molecular complexity index is 878. The highest BCUT2D eigenvalue weighted by Crippen LogP contribution is 2.27. The number of carbonyl (C=O) groups is 2. The number of benzene rings is 2. The van der Waals surface area contributed by atoms with Crippen LogP contribution in [0.3, 0.4) is 0 Å². The number of hydrogen-bond acceptors (Lipinski definition) is 4. The smallest absolute Gasteiger partial charge is 0.229 e. The topological polar surface area (TPSA) is 61.9 Å². The van der Waals surface area contributed by atoms with Gasteiger partial charge >= 0.3 is 0 Å². The molecule has 4 rings (SSSR count). The van der Waals surface area contributed by atoms with Gasteiger partial charge in [-0.2, -0.15) is 0 Å². The number of methoxy groups -OCH3 is 1. The Hall–Kier alpha value is -2.86. The maximum atomic E-state index is 12.7. The summed E-state index contributed by atoms with van der Waals surface area (Å²) in [6.45, 7) is 3.42. The van der Waals surface area contributed by atoms with E-state index in [1.807, 2.05) is 29.2 Å². The van der Waals surface area contributed by atoms with E-state index in [2.05, 4.69) is 34.5 Å². The Morgan fingerprint density at radius 1 is 1.10 bits per heavy atom. The number of piperidine rings is 1. The standard InChI is InChI=1S/C24H29N3O3/c1-30-22-9-5-8-20(15-22)25-24(29)19-14-23(28)27(17-19)21-10-12-26(13-11-21)16-18-6-3-2-4-7-18/h2-9,15,19,21H,10-14,16-17H2,1H3,(H,25,29). The molecule has 1 unspecified atom stereocenters. The summed E-state index contributed by atoms with van der Waals surface area (Å²) < 4.78 is 5.20. The van der Waals surface area contributed by atoms with E-state index in [1.165, 1.54) is 5.56 Å². The molecule has 30 heavy (non-hydrogen) atoms. The summed E-state index contributed by atoms with van der Waals surface area (Å²) in [5.41, 5.74) is 2.02. The second-order valence-corrected chi connectivity index (χ2v) is 8.16. The predicted molar refractivity (Wildman–Crippen MR) is 116 cm³/mol. The molecule has 2 aromatic carbocycles. The van der Waals surface area contributed by atoms with Crippen LogP contribution >= 0.6 is 0 Å². The lowest BCUT2D eigenvalue weighted by Gasteiger charge is -2.36. The first-order chi connectivity index (χ1) is 14.6. The van der Waals surface area contributed by atoms with Gasteiger partial charge in [-0.05, 0) is 30.5 Å². The Labute approximate surface area is 177 Å². The number of anilines is 1. The third kappa shape index (κ3) is 4.82. The van der Waals surface area contributed by atoms with Crippen molar-refractivity contribution < 1.29 is 14.3 Å². The van der Waals surface area contributed by atoms with Crippen molar-refractivity contribution in [1.82, 2.24) is 9.80 Å². The summed E-state index contributed by atoms with van der Waals surface area (Å²) in [4.78, 5) is 29.7. The molecular weight excluding hydrogens is 378 g/mol. The highest BCUT2D eigenvalue weighted by atomic mass is 16.5. The molecule has 2 heterocycles. The van der Waals surface area contributed by atoms with E-state index in [1.54, 1.807) is 13.2 Å². The zero-order chi connectivity index (χ0) is 20.9. The maximum Gasteiger partial charge on any atom is 0.229 e. The van der Waals surface area contributed by atoms with Crippen LogP contribution in [0.5, 0.6) is 5.75 Å². The fourth-order valence-corrected chi connectivity index (χ4v) is 4.44. The average molecular weight is 408 g/mol. The molecule has 0 spiro atoms. The first-order valence-electron chi connectivity index (χ1n) is 10.6. The maximum absolute atomic E-state index is 12.7. The number of likely N-dealkylation sites (tertiary alicyclic amines) is 2. The van der Waals surface area contributed by atoms with Crippen molar-refractivity contribution in [3.8, 4) is 5.75 Å². The van der Waals surface area contributed by atoms with Gasteiger partial charge in [-0.25, -0.2) is 0 Å². The van der Waals surface area contributed by atoms with E-state index in [0.29, 0.717) is 24.4 Å². The molecular formula is C24H29N3O3. The lowest BCUT2D eigenvalue weighted by atomic mass is 10.0. The first-order valence-corrected chi connectivity index (χ1v) is 10.6. The zero-order valence-electron chi connectivity index (χ0n) is 17.4. The van der Waals surface area contributed by atoms with Gasteiger partial charge in [0.1, 0.15) is 5.75 Å². The molecule has 2 amide bonds. The number of nitrogens with zero attached hydrogens (tertiary/aromatic N) is 2. The van der Waals surface area contributed by atoms with Crippen LogP contribution in [0, 0.1) is 5.92 Å². The predicted octanol–water partition coefficient (Wildman–Crippen LogP) is 3.15. The van der Waals surface area contributed by atoms with Gasteiger partial charge < -0.3 is 15.0 Å². The second-order valence-electron chi connectivity index (χ2n) is 8.16. The molecule has 2 fully saturated rings. The summed E-state index contributed by atoms with van der Waals surface area (Å²) in [7, 11) is 1.60. The van der Waals surface area contributed by atoms with Crippen molar-refractivity contribution in [1.29, 1.82) is 0 Å². The molecule has 6 nitrogen and oxygen atoms in total. The van der Waals surface area contributed by atoms with Crippen LogP contribution in [-0.2, 0) is 16.1 Å². The van der Waals surface area contributed by atoms with Gasteiger partial charge in [0.2, 0.25) is 11.8 Å². The minimum absolute atomic E-state index is 0.0967. The van der Waals surface area contributed by atoms with Crippen LogP contribution in [0.25, 0.3) is 0 Å². The molecule has 2 aromatic rings. The van der Waals surface area contributed by atoms with Gasteiger partial charge in [0, 0.05) is 50.4 Å². The van der Waals surface area contributed by atoms with Crippen LogP contribution in [0.1, 0.15) is 24.8 Å². The summed E-state index contributed by atoms with van der Waals surface area (Å²) in [6.07, 6.45) is 2.21. The van der Waals surface area contributed by atoms with Crippen LogP contribution in [0.4, 0.5) is 5.69 Å². The van der Waals surface area contributed by atoms with Crippen LogP contribution < -0.4 is 10.1 Å². The molecule has 2 saturated heterocycles. The minimum atomic E-state index is -0.300. The molecule has 0 saturated carbocycles. The minimum Gasteiger partial charge on any atom is -0.497 e. The van der Waals surface area contributed by atoms with Crippen molar-refractivity contribution in [2.75, 3.05) is 32.1 Å². The van der Waals surface area contributed by atoms with E-state index in [4.69, 9.17) is 4.74 Å². The Morgan fingerprint density at radius 2 is 1.87 bits per heavy atom. The number of ether oxygens (including phenoxy) is 1. The molecule has 158 valence electrons. The van der Waals surface area contributed by atoms with Crippen molar-refractivity contribution >= 4 is 17.5 Å². The summed E-state index contributed by atoms with van der Waals surface area (Å²) in [6, 6.07) is 18.0. The highest BCUT2D eigenvalue weighted by molar-refractivity contribution is 5.97. The second kappa shape index (κ2) is 9.30. The van der Waals surface area contributed by atoms with Gasteiger partial charge in [-0.15, -0.1) is 0 Å². The number of rotatable bonds is 6. The van der Waals surface area contributed by atoms with Gasteiger partial charge in [0.05, 0.1) is 13.0 Å². The van der Waals surface area contributed by atoms with Crippen molar-refractivity contribution in [2.24, 2.45) is 5.92 Å². The van der Waals surface area contributed by atoms with Crippen LogP contribution in [0.15, 0.2) is 54.6 Å². The quantitative estimate of drug-likeness (QED) is 0.799. The van der Waals surface area contributed by atoms with Crippen molar-refractivity contribution in [3.63, 3.8) is 0 Å². The highest BCUT2D eigenvalue weighted by Gasteiger charge is 2.38. The van der Waals surface area contributed by atoms with Gasteiger partial charge in [-0.1, -0.05) is 36.4 Å². The van der Waals surface area contributed by atoms with E-state index >= 15 is 0 Å².